The van der Waals surface area contributed by atoms with Crippen molar-refractivity contribution >= 4 is 23.2 Å². The van der Waals surface area contributed by atoms with Crippen molar-refractivity contribution < 1.29 is 9.59 Å². The number of fused-ring (bicyclic) bond motifs is 1. The molecule has 1 aromatic heterocycles. The average molecular weight is 355 g/mol. The largest absolute Gasteiger partial charge is 0.329 e. The lowest BCUT2D eigenvalue weighted by Gasteiger charge is -2.40. The number of rotatable bonds is 3. The monoisotopic (exact) mass is 355 g/mol. The van der Waals surface area contributed by atoms with Gasteiger partial charge in [0.05, 0.1) is 6.54 Å². The van der Waals surface area contributed by atoms with E-state index in [0.29, 0.717) is 13.1 Å². The van der Waals surface area contributed by atoms with Crippen molar-refractivity contribution in [3.8, 4) is 10.6 Å². The van der Waals surface area contributed by atoms with Gasteiger partial charge in [0.15, 0.2) is 0 Å². The minimum absolute atomic E-state index is 0.0748. The third-order valence-electron chi connectivity index (χ3n) is 5.18. The van der Waals surface area contributed by atoms with Crippen molar-refractivity contribution in [2.75, 3.05) is 6.54 Å². The molecule has 2 aliphatic rings. The fraction of sp³-hybridized carbons (Fsp3) is 0.421. The molecule has 0 bridgehead atoms. The molecule has 0 N–H and O–H groups in total. The Morgan fingerprint density at radius 3 is 2.84 bits per heavy atom. The summed E-state index contributed by atoms with van der Waals surface area (Å²) in [6.45, 7) is 5.07. The van der Waals surface area contributed by atoms with E-state index in [9.17, 15) is 9.59 Å². The predicted molar refractivity (Wildman–Crippen MR) is 97.0 cm³/mol. The van der Waals surface area contributed by atoms with E-state index in [-0.39, 0.29) is 17.9 Å². The first-order chi connectivity index (χ1) is 12.1. The van der Waals surface area contributed by atoms with Crippen molar-refractivity contribution in [3.63, 3.8) is 0 Å². The number of benzene rings is 1. The number of hydrogen-bond acceptors (Lipinski definition) is 4. The molecule has 0 unspecified atom stereocenters. The van der Waals surface area contributed by atoms with Crippen molar-refractivity contribution in [3.05, 3.63) is 40.9 Å². The van der Waals surface area contributed by atoms with Gasteiger partial charge in [-0.3, -0.25) is 9.59 Å². The number of piperazine rings is 1. The fourth-order valence-corrected chi connectivity index (χ4v) is 4.75. The number of aromatic nitrogens is 1. The Bertz CT molecular complexity index is 832. The van der Waals surface area contributed by atoms with E-state index in [0.717, 1.165) is 28.3 Å². The summed E-state index contributed by atoms with van der Waals surface area (Å²) >= 11 is 1.59. The Hall–Kier alpha value is -2.21. The molecule has 130 valence electrons. The lowest BCUT2D eigenvalue weighted by Crippen LogP contribution is -2.61. The van der Waals surface area contributed by atoms with Crippen molar-refractivity contribution in [1.82, 2.24) is 14.8 Å². The summed E-state index contributed by atoms with van der Waals surface area (Å²) in [6, 6.07) is 7.50. The van der Waals surface area contributed by atoms with Crippen LogP contribution in [0.25, 0.3) is 10.6 Å². The zero-order valence-corrected chi connectivity index (χ0v) is 15.3. The summed E-state index contributed by atoms with van der Waals surface area (Å²) in [4.78, 5) is 34.4. The molecule has 2 saturated heterocycles. The molecule has 6 heteroatoms. The van der Waals surface area contributed by atoms with Gasteiger partial charge in [-0.1, -0.05) is 24.3 Å². The molecule has 2 fully saturated rings. The van der Waals surface area contributed by atoms with Crippen molar-refractivity contribution in [2.24, 2.45) is 0 Å². The number of nitrogens with zero attached hydrogens (tertiary/aromatic N) is 3. The first-order valence-electron chi connectivity index (χ1n) is 8.68. The lowest BCUT2D eigenvalue weighted by atomic mass is 10.1. The second-order valence-electron chi connectivity index (χ2n) is 6.78. The van der Waals surface area contributed by atoms with E-state index >= 15 is 0 Å². The molecule has 2 aromatic rings. The van der Waals surface area contributed by atoms with E-state index in [1.165, 1.54) is 5.56 Å². The van der Waals surface area contributed by atoms with Crippen molar-refractivity contribution in [2.45, 2.75) is 45.3 Å². The minimum atomic E-state index is -0.397. The second-order valence-corrected chi connectivity index (χ2v) is 7.89. The van der Waals surface area contributed by atoms with Crippen LogP contribution in [0.15, 0.2) is 30.5 Å². The summed E-state index contributed by atoms with van der Waals surface area (Å²) in [6.07, 6.45) is 3.53. The maximum absolute atomic E-state index is 12.8. The summed E-state index contributed by atoms with van der Waals surface area (Å²) in [7, 11) is 0. The minimum Gasteiger partial charge on any atom is -0.329 e. The van der Waals surface area contributed by atoms with Crippen LogP contribution < -0.4 is 0 Å². The number of thiazole rings is 1. The molecule has 5 nitrogen and oxygen atoms in total. The van der Waals surface area contributed by atoms with Crippen LogP contribution in [0.5, 0.6) is 0 Å². The van der Waals surface area contributed by atoms with Gasteiger partial charge < -0.3 is 9.80 Å². The molecule has 2 atom stereocenters. The molecule has 3 heterocycles. The highest BCUT2D eigenvalue weighted by Gasteiger charge is 2.45. The Labute approximate surface area is 151 Å². The maximum atomic E-state index is 12.8. The normalized spacial score (nSPS) is 23.3. The zero-order valence-electron chi connectivity index (χ0n) is 14.4. The van der Waals surface area contributed by atoms with E-state index < -0.39 is 6.04 Å². The molecule has 25 heavy (non-hydrogen) atoms. The smallest absolute Gasteiger partial charge is 0.246 e. The van der Waals surface area contributed by atoms with Crippen LogP contribution in [0.2, 0.25) is 0 Å². The van der Waals surface area contributed by atoms with E-state index in [1.807, 2.05) is 25.3 Å². The maximum Gasteiger partial charge on any atom is 0.246 e. The number of carbonyl (C=O) groups is 2. The van der Waals surface area contributed by atoms with Crippen LogP contribution in [-0.4, -0.2) is 45.2 Å². The molecular formula is C19H21N3O2S. The van der Waals surface area contributed by atoms with E-state index in [1.54, 1.807) is 21.1 Å². The standard InChI is InChI=1S/C19H21N3O2S/c1-12-6-3-4-7-15(12)17-20-10-14(25-17)11-22-13(2)18(23)21-9-5-8-16(21)19(22)24/h3-4,6-7,10,13,16H,5,8-9,11H2,1-2H3/t13-,16-/m0/s1. The Kier molecular flexibility index (Phi) is 4.07. The van der Waals surface area contributed by atoms with Gasteiger partial charge in [0.2, 0.25) is 11.8 Å². The number of amides is 2. The second kappa shape index (κ2) is 6.26. The third-order valence-corrected chi connectivity index (χ3v) is 6.20. The van der Waals surface area contributed by atoms with Gasteiger partial charge in [-0.2, -0.15) is 0 Å². The van der Waals surface area contributed by atoms with Gasteiger partial charge in [0.1, 0.15) is 17.1 Å². The first-order valence-corrected chi connectivity index (χ1v) is 9.49. The molecule has 1 aromatic carbocycles. The predicted octanol–water partition coefficient (Wildman–Crippen LogP) is 2.84. The number of hydrogen-bond donors (Lipinski definition) is 0. The molecule has 0 aliphatic carbocycles. The number of carbonyl (C=O) groups excluding carboxylic acids is 2. The quantitative estimate of drug-likeness (QED) is 0.851. The van der Waals surface area contributed by atoms with Gasteiger partial charge in [-0.05, 0) is 32.3 Å². The van der Waals surface area contributed by atoms with Gasteiger partial charge >= 0.3 is 0 Å². The van der Waals surface area contributed by atoms with Crippen molar-refractivity contribution in [1.29, 1.82) is 0 Å². The van der Waals surface area contributed by atoms with Gasteiger partial charge in [-0.25, -0.2) is 4.98 Å². The third kappa shape index (κ3) is 2.74. The molecule has 2 aliphatic heterocycles. The average Bonchev–Trinajstić information content (AvgIpc) is 3.27. The summed E-state index contributed by atoms with van der Waals surface area (Å²) in [5.74, 6) is 0.154. The van der Waals surface area contributed by atoms with Crippen LogP contribution in [0.1, 0.15) is 30.2 Å². The molecular weight excluding hydrogens is 334 g/mol. The zero-order chi connectivity index (χ0) is 17.6. The Balaban J connectivity index is 1.57. The van der Waals surface area contributed by atoms with Crippen LogP contribution in [0.4, 0.5) is 0 Å². The molecule has 4 rings (SSSR count). The van der Waals surface area contributed by atoms with Gasteiger partial charge in [0, 0.05) is 23.2 Å². The molecule has 0 spiro atoms. The van der Waals surface area contributed by atoms with Gasteiger partial charge in [-0.15, -0.1) is 11.3 Å². The Morgan fingerprint density at radius 1 is 1.24 bits per heavy atom. The highest BCUT2D eigenvalue weighted by atomic mass is 32.1. The summed E-state index contributed by atoms with van der Waals surface area (Å²) in [5, 5.41) is 0.957. The highest BCUT2D eigenvalue weighted by Crippen LogP contribution is 2.31. The van der Waals surface area contributed by atoms with Gasteiger partial charge in [0.25, 0.3) is 0 Å². The molecule has 0 saturated carbocycles. The molecule has 2 amide bonds. The number of aryl methyl sites for hydroxylation is 1. The van der Waals surface area contributed by atoms with E-state index in [4.69, 9.17) is 0 Å². The Morgan fingerprint density at radius 2 is 2.04 bits per heavy atom. The van der Waals surface area contributed by atoms with Crippen LogP contribution in [0, 0.1) is 6.92 Å². The SMILES string of the molecule is Cc1ccccc1-c1ncc(CN2C(=O)[C@@H]3CCCN3C(=O)[C@@H]2C)s1. The van der Waals surface area contributed by atoms with Crippen LogP contribution >= 0.6 is 11.3 Å². The fourth-order valence-electron chi connectivity index (χ4n) is 3.74. The lowest BCUT2D eigenvalue weighted by molar-refractivity contribution is -0.159. The molecule has 0 radical (unpaired) electrons. The van der Waals surface area contributed by atoms with Crippen LogP contribution in [-0.2, 0) is 16.1 Å². The highest BCUT2D eigenvalue weighted by molar-refractivity contribution is 7.15. The van der Waals surface area contributed by atoms with E-state index in [2.05, 4.69) is 24.0 Å². The summed E-state index contributed by atoms with van der Waals surface area (Å²) < 4.78 is 0. The van der Waals surface area contributed by atoms with Crippen LogP contribution in [0.3, 0.4) is 0 Å². The topological polar surface area (TPSA) is 53.5 Å². The first kappa shape index (κ1) is 16.3. The summed E-state index contributed by atoms with van der Waals surface area (Å²) in [5.41, 5.74) is 2.30.